The van der Waals surface area contributed by atoms with E-state index in [1.165, 1.54) is 22.3 Å². The summed E-state index contributed by atoms with van der Waals surface area (Å²) in [5.41, 5.74) is 7.85. The number of benzene rings is 3. The lowest BCUT2D eigenvalue weighted by atomic mass is 9.55. The largest absolute Gasteiger partial charge is 0.274 e. The number of hydrogen-bond acceptors (Lipinski definition) is 2. The van der Waals surface area contributed by atoms with Gasteiger partial charge in [-0.25, -0.2) is 4.90 Å². The summed E-state index contributed by atoms with van der Waals surface area (Å²) >= 11 is 0. The van der Waals surface area contributed by atoms with Gasteiger partial charge in [-0.15, -0.1) is 0 Å². The third kappa shape index (κ3) is 2.29. The fourth-order valence-electron chi connectivity index (χ4n) is 6.40. The zero-order valence-corrected chi connectivity index (χ0v) is 17.8. The van der Waals surface area contributed by atoms with Crippen molar-refractivity contribution in [1.29, 1.82) is 0 Å². The summed E-state index contributed by atoms with van der Waals surface area (Å²) in [5, 5.41) is 0. The molecule has 7 rings (SSSR count). The molecule has 1 fully saturated rings. The van der Waals surface area contributed by atoms with E-state index in [1.54, 1.807) is 4.90 Å². The predicted octanol–water partition coefficient (Wildman–Crippen LogP) is 5.21. The van der Waals surface area contributed by atoms with Gasteiger partial charge in [0.2, 0.25) is 11.8 Å². The smallest absolute Gasteiger partial charge is 0.238 e. The van der Waals surface area contributed by atoms with Crippen molar-refractivity contribution in [2.45, 2.75) is 38.5 Å². The molecule has 3 aromatic carbocycles. The average Bonchev–Trinajstić information content (AvgIpc) is 3.08. The van der Waals surface area contributed by atoms with Crippen molar-refractivity contribution < 1.29 is 9.59 Å². The molecule has 3 aliphatic carbocycles. The van der Waals surface area contributed by atoms with Crippen LogP contribution in [0.25, 0.3) is 0 Å². The molecule has 1 saturated heterocycles. The molecule has 4 aliphatic rings. The van der Waals surface area contributed by atoms with E-state index in [9.17, 15) is 9.59 Å². The monoisotopic (exact) mass is 407 g/mol. The van der Waals surface area contributed by atoms with Gasteiger partial charge in [0.25, 0.3) is 0 Å². The number of hydrogen-bond donors (Lipinski definition) is 0. The minimum absolute atomic E-state index is 0.0235. The van der Waals surface area contributed by atoms with E-state index >= 15 is 0 Å². The van der Waals surface area contributed by atoms with Crippen LogP contribution in [0.3, 0.4) is 0 Å². The van der Waals surface area contributed by atoms with Gasteiger partial charge in [0.05, 0.1) is 17.5 Å². The molecule has 0 saturated carbocycles. The molecule has 3 heteroatoms. The number of nitrogens with zero attached hydrogens (tertiary/aromatic N) is 1. The predicted molar refractivity (Wildman–Crippen MR) is 121 cm³/mol. The van der Waals surface area contributed by atoms with E-state index in [2.05, 4.69) is 74.5 Å². The third-order valence-electron chi connectivity index (χ3n) is 7.64. The summed E-state index contributed by atoms with van der Waals surface area (Å²) in [7, 11) is 0. The molecule has 0 N–H and O–H groups in total. The van der Waals surface area contributed by atoms with E-state index in [-0.39, 0.29) is 35.5 Å². The summed E-state index contributed by atoms with van der Waals surface area (Å²) in [6, 6.07) is 23.0. The van der Waals surface area contributed by atoms with Crippen LogP contribution < -0.4 is 4.90 Å². The van der Waals surface area contributed by atoms with Crippen LogP contribution in [0.4, 0.5) is 5.69 Å². The van der Waals surface area contributed by atoms with Crippen molar-refractivity contribution in [3.8, 4) is 0 Å². The first-order chi connectivity index (χ1) is 15.2. The number of aryl methyl sites for hydroxylation is 2. The maximum Gasteiger partial charge on any atom is 0.238 e. The lowest BCUT2D eigenvalue weighted by Gasteiger charge is -2.45. The second kappa shape index (κ2) is 6.65. The Morgan fingerprint density at radius 3 is 1.35 bits per heavy atom. The molecule has 2 atom stereocenters. The Morgan fingerprint density at radius 2 is 1.00 bits per heavy atom. The first-order valence-electron chi connectivity index (χ1n) is 11.3. The summed E-state index contributed by atoms with van der Waals surface area (Å²) < 4.78 is 0. The molecule has 31 heavy (non-hydrogen) atoms. The fraction of sp³-hybridized carbons (Fsp3) is 0.286. The molecule has 2 amide bonds. The highest BCUT2D eigenvalue weighted by Crippen LogP contribution is 2.61. The Morgan fingerprint density at radius 1 is 0.613 bits per heavy atom. The Bertz CT molecular complexity index is 1110. The highest BCUT2D eigenvalue weighted by molar-refractivity contribution is 6.24. The molecule has 1 heterocycles. The van der Waals surface area contributed by atoms with Crippen molar-refractivity contribution in [2.24, 2.45) is 11.8 Å². The molecule has 0 aromatic heterocycles. The van der Waals surface area contributed by atoms with E-state index in [1.807, 2.05) is 6.07 Å². The van der Waals surface area contributed by atoms with Gasteiger partial charge in [0, 0.05) is 11.8 Å². The van der Waals surface area contributed by atoms with Crippen LogP contribution in [0.2, 0.25) is 0 Å². The summed E-state index contributed by atoms with van der Waals surface area (Å²) in [4.78, 5) is 29.6. The molecule has 3 aromatic rings. The second-order valence-corrected chi connectivity index (χ2v) is 8.91. The minimum atomic E-state index is -0.322. The van der Waals surface area contributed by atoms with Crippen molar-refractivity contribution in [3.63, 3.8) is 0 Å². The Hall–Kier alpha value is -3.20. The molecule has 1 aliphatic heterocycles. The van der Waals surface area contributed by atoms with Crippen LogP contribution >= 0.6 is 0 Å². The molecule has 0 spiro atoms. The fourth-order valence-corrected chi connectivity index (χ4v) is 6.40. The minimum Gasteiger partial charge on any atom is -0.274 e. The number of anilines is 1. The van der Waals surface area contributed by atoms with E-state index in [4.69, 9.17) is 0 Å². The molecule has 154 valence electrons. The second-order valence-electron chi connectivity index (χ2n) is 8.91. The SMILES string of the molecule is CCc1cccc(CC)c1N1C(=O)C2C3c4ccccc4C(c4ccccc43)C2C1=O. The van der Waals surface area contributed by atoms with Gasteiger partial charge < -0.3 is 0 Å². The van der Waals surface area contributed by atoms with Gasteiger partial charge in [-0.3, -0.25) is 9.59 Å². The zero-order valence-electron chi connectivity index (χ0n) is 17.8. The van der Waals surface area contributed by atoms with Crippen molar-refractivity contribution in [1.82, 2.24) is 0 Å². The van der Waals surface area contributed by atoms with E-state index in [0.717, 1.165) is 29.7 Å². The van der Waals surface area contributed by atoms with Crippen molar-refractivity contribution in [3.05, 3.63) is 100 Å². The maximum atomic E-state index is 14.0. The Balaban J connectivity index is 1.58. The summed E-state index contributed by atoms with van der Waals surface area (Å²) in [5.74, 6) is -0.798. The molecule has 3 nitrogen and oxygen atoms in total. The normalized spacial score (nSPS) is 25.4. The van der Waals surface area contributed by atoms with Gasteiger partial charge in [0.1, 0.15) is 0 Å². The van der Waals surface area contributed by atoms with Crippen LogP contribution in [0.15, 0.2) is 66.7 Å². The van der Waals surface area contributed by atoms with E-state index < -0.39 is 0 Å². The summed E-state index contributed by atoms with van der Waals surface area (Å²) in [6.45, 7) is 4.18. The quantitative estimate of drug-likeness (QED) is 0.559. The molecular formula is C28H25NO2. The highest BCUT2D eigenvalue weighted by Gasteiger charge is 2.62. The van der Waals surface area contributed by atoms with Crippen molar-refractivity contribution in [2.75, 3.05) is 4.90 Å². The highest BCUT2D eigenvalue weighted by atomic mass is 16.2. The number of carbonyl (C=O) groups is 2. The van der Waals surface area contributed by atoms with Crippen LogP contribution in [0, 0.1) is 11.8 Å². The Labute approximate surface area is 182 Å². The molecule has 2 unspecified atom stereocenters. The van der Waals surface area contributed by atoms with Gasteiger partial charge in [-0.2, -0.15) is 0 Å². The average molecular weight is 408 g/mol. The van der Waals surface area contributed by atoms with Crippen molar-refractivity contribution >= 4 is 17.5 Å². The lowest BCUT2D eigenvalue weighted by molar-refractivity contribution is -0.122. The lowest BCUT2D eigenvalue weighted by Crippen LogP contribution is -2.41. The zero-order chi connectivity index (χ0) is 21.3. The molecule has 2 bridgehead atoms. The number of imide groups is 1. The van der Waals surface area contributed by atoms with Crippen LogP contribution in [-0.4, -0.2) is 11.8 Å². The first kappa shape index (κ1) is 18.6. The number of carbonyl (C=O) groups excluding carboxylic acids is 2. The van der Waals surface area contributed by atoms with Crippen LogP contribution in [0.1, 0.15) is 59.1 Å². The number of rotatable bonds is 3. The molecule has 0 radical (unpaired) electrons. The van der Waals surface area contributed by atoms with Gasteiger partial charge >= 0.3 is 0 Å². The standard InChI is InChI=1S/C28H25NO2/c1-3-16-10-9-11-17(4-2)26(16)29-27(30)24-22-18-12-5-6-13-19(18)23(25(24)28(29)31)21-15-8-7-14-20(21)22/h5-15,22-25H,3-4H2,1-2H3. The number of amides is 2. The van der Waals surface area contributed by atoms with Gasteiger partial charge in [-0.1, -0.05) is 80.6 Å². The number of para-hydroxylation sites is 1. The maximum absolute atomic E-state index is 14.0. The van der Waals surface area contributed by atoms with E-state index in [0.29, 0.717) is 0 Å². The Kier molecular flexibility index (Phi) is 3.98. The molecular weight excluding hydrogens is 382 g/mol. The topological polar surface area (TPSA) is 37.4 Å². The first-order valence-corrected chi connectivity index (χ1v) is 11.3. The third-order valence-corrected chi connectivity index (χ3v) is 7.64. The van der Waals surface area contributed by atoms with Gasteiger partial charge in [-0.05, 0) is 46.2 Å². The van der Waals surface area contributed by atoms with Crippen LogP contribution in [0.5, 0.6) is 0 Å². The van der Waals surface area contributed by atoms with Crippen LogP contribution in [-0.2, 0) is 22.4 Å². The summed E-state index contributed by atoms with van der Waals surface area (Å²) in [6.07, 6.45) is 1.59. The van der Waals surface area contributed by atoms with Gasteiger partial charge in [0.15, 0.2) is 0 Å².